The number of ether oxygens (including phenoxy) is 4. The molecule has 0 unspecified atom stereocenters. The number of rotatable bonds is 18. The van der Waals surface area contributed by atoms with Gasteiger partial charge in [-0.3, -0.25) is 0 Å². The first-order valence-electron chi connectivity index (χ1n) is 10.6. The van der Waals surface area contributed by atoms with Crippen molar-refractivity contribution in [2.75, 3.05) is 55.9 Å². The Morgan fingerprint density at radius 2 is 1.07 bits per heavy atom. The van der Waals surface area contributed by atoms with Gasteiger partial charge >= 0.3 is 0 Å². The molecule has 0 aliphatic carbocycles. The first kappa shape index (κ1) is 25.3. The Morgan fingerprint density at radius 3 is 1.41 bits per heavy atom. The van der Waals surface area contributed by atoms with Gasteiger partial charge in [0.15, 0.2) is 12.6 Å². The highest BCUT2D eigenvalue weighted by atomic mass is 16.7. The first-order valence-corrected chi connectivity index (χ1v) is 10.6. The standard InChI is InChI=1S/C19H38N6O4/c1-5-26-15(27-6-2)11-9-13-21-18-23-17(20)24-19(25-18)22-14-10-12-16(28-7-3)29-8-4/h15-16H,5-14H2,1-4H3,(H4,20,21,22,23,24,25). The SMILES string of the molecule is CCOC(CCCNc1nc(N)nc(NCCCC(OCC)OCC)n1)OCC. The summed E-state index contributed by atoms with van der Waals surface area (Å²) >= 11 is 0. The maximum Gasteiger partial charge on any atom is 0.229 e. The van der Waals surface area contributed by atoms with Crippen LogP contribution < -0.4 is 16.4 Å². The van der Waals surface area contributed by atoms with E-state index in [4.69, 9.17) is 24.7 Å². The van der Waals surface area contributed by atoms with Crippen molar-refractivity contribution in [1.82, 2.24) is 15.0 Å². The van der Waals surface area contributed by atoms with Crippen LogP contribution in [0, 0.1) is 0 Å². The number of nitrogens with two attached hydrogens (primary N) is 1. The quantitative estimate of drug-likeness (QED) is 0.244. The number of anilines is 3. The molecule has 0 bridgehead atoms. The lowest BCUT2D eigenvalue weighted by atomic mass is 10.3. The van der Waals surface area contributed by atoms with Crippen LogP contribution >= 0.6 is 0 Å². The molecular weight excluding hydrogens is 376 g/mol. The van der Waals surface area contributed by atoms with Crippen molar-refractivity contribution in [1.29, 1.82) is 0 Å². The van der Waals surface area contributed by atoms with Crippen LogP contribution in [-0.2, 0) is 18.9 Å². The molecule has 0 amide bonds. The van der Waals surface area contributed by atoms with Crippen molar-refractivity contribution >= 4 is 17.8 Å². The Morgan fingerprint density at radius 1 is 0.690 bits per heavy atom. The highest BCUT2D eigenvalue weighted by molar-refractivity contribution is 5.39. The summed E-state index contributed by atoms with van der Waals surface area (Å²) in [7, 11) is 0. The fourth-order valence-corrected chi connectivity index (χ4v) is 2.66. The second-order valence-electron chi connectivity index (χ2n) is 6.16. The van der Waals surface area contributed by atoms with E-state index >= 15 is 0 Å². The minimum atomic E-state index is -0.176. The molecule has 168 valence electrons. The Labute approximate surface area is 174 Å². The summed E-state index contributed by atoms with van der Waals surface area (Å²) < 4.78 is 22.1. The van der Waals surface area contributed by atoms with Gasteiger partial charge in [0.25, 0.3) is 0 Å². The van der Waals surface area contributed by atoms with Crippen LogP contribution in [0.2, 0.25) is 0 Å². The molecule has 0 saturated carbocycles. The van der Waals surface area contributed by atoms with Gasteiger partial charge in [0.1, 0.15) is 0 Å². The maximum absolute atomic E-state index is 5.80. The molecule has 4 N–H and O–H groups in total. The van der Waals surface area contributed by atoms with Gasteiger partial charge in [-0.15, -0.1) is 0 Å². The van der Waals surface area contributed by atoms with Gasteiger partial charge in [0, 0.05) is 52.4 Å². The van der Waals surface area contributed by atoms with Crippen molar-refractivity contribution in [3.63, 3.8) is 0 Å². The zero-order chi connectivity index (χ0) is 21.3. The number of nitrogen functional groups attached to an aromatic ring is 1. The third-order valence-electron chi connectivity index (χ3n) is 3.86. The Balaban J connectivity index is 2.38. The summed E-state index contributed by atoms with van der Waals surface area (Å²) in [6.07, 6.45) is 2.95. The molecular formula is C19H38N6O4. The van der Waals surface area contributed by atoms with Crippen LogP contribution in [0.4, 0.5) is 17.8 Å². The zero-order valence-corrected chi connectivity index (χ0v) is 18.3. The van der Waals surface area contributed by atoms with Gasteiger partial charge < -0.3 is 35.3 Å². The summed E-state index contributed by atoms with van der Waals surface area (Å²) in [5.74, 6) is 1.07. The van der Waals surface area contributed by atoms with E-state index in [9.17, 15) is 0 Å². The molecule has 0 radical (unpaired) electrons. The Bertz CT molecular complexity index is 483. The zero-order valence-electron chi connectivity index (χ0n) is 18.3. The Hall–Kier alpha value is -1.75. The fraction of sp³-hybridized carbons (Fsp3) is 0.842. The minimum absolute atomic E-state index is 0.174. The topological polar surface area (TPSA) is 126 Å². The molecule has 0 fully saturated rings. The molecule has 0 aliphatic rings. The van der Waals surface area contributed by atoms with Crippen molar-refractivity contribution in [3.8, 4) is 0 Å². The lowest BCUT2D eigenvalue weighted by Crippen LogP contribution is -2.19. The van der Waals surface area contributed by atoms with Gasteiger partial charge in [0.05, 0.1) is 0 Å². The van der Waals surface area contributed by atoms with Crippen LogP contribution in [0.3, 0.4) is 0 Å². The van der Waals surface area contributed by atoms with E-state index < -0.39 is 0 Å². The monoisotopic (exact) mass is 414 g/mol. The van der Waals surface area contributed by atoms with Crippen LogP contribution in [0.5, 0.6) is 0 Å². The van der Waals surface area contributed by atoms with E-state index in [1.54, 1.807) is 0 Å². The first-order chi connectivity index (χ1) is 14.1. The van der Waals surface area contributed by atoms with Gasteiger partial charge in [-0.25, -0.2) is 0 Å². The highest BCUT2D eigenvalue weighted by Crippen LogP contribution is 2.10. The summed E-state index contributed by atoms with van der Waals surface area (Å²) in [6.45, 7) is 11.7. The van der Waals surface area contributed by atoms with E-state index in [1.807, 2.05) is 27.7 Å². The van der Waals surface area contributed by atoms with E-state index in [0.717, 1.165) is 25.7 Å². The van der Waals surface area contributed by atoms with E-state index in [2.05, 4.69) is 25.6 Å². The molecule has 0 atom stereocenters. The third-order valence-corrected chi connectivity index (χ3v) is 3.86. The van der Waals surface area contributed by atoms with Crippen LogP contribution in [0.15, 0.2) is 0 Å². The largest absolute Gasteiger partial charge is 0.368 e. The average Bonchev–Trinajstić information content (AvgIpc) is 2.69. The van der Waals surface area contributed by atoms with Gasteiger partial charge in [0.2, 0.25) is 17.8 Å². The lowest BCUT2D eigenvalue weighted by molar-refractivity contribution is -0.139. The summed E-state index contributed by atoms with van der Waals surface area (Å²) in [5, 5.41) is 6.35. The van der Waals surface area contributed by atoms with Crippen molar-refractivity contribution < 1.29 is 18.9 Å². The summed E-state index contributed by atoms with van der Waals surface area (Å²) in [5.41, 5.74) is 5.80. The molecule has 1 heterocycles. The van der Waals surface area contributed by atoms with Crippen molar-refractivity contribution in [3.05, 3.63) is 0 Å². The molecule has 0 aromatic carbocycles. The number of nitrogens with one attached hydrogen (secondary N) is 2. The molecule has 0 aliphatic heterocycles. The number of nitrogens with zero attached hydrogens (tertiary/aromatic N) is 3. The molecule has 0 saturated heterocycles. The van der Waals surface area contributed by atoms with Crippen LogP contribution in [-0.4, -0.2) is 67.0 Å². The molecule has 1 rings (SSSR count). The van der Waals surface area contributed by atoms with Crippen LogP contribution in [0.25, 0.3) is 0 Å². The molecule has 1 aromatic rings. The Kier molecular flexibility index (Phi) is 14.0. The van der Waals surface area contributed by atoms with Crippen molar-refractivity contribution in [2.45, 2.75) is 66.0 Å². The third kappa shape index (κ3) is 11.7. The van der Waals surface area contributed by atoms with Crippen molar-refractivity contribution in [2.24, 2.45) is 0 Å². The molecule has 29 heavy (non-hydrogen) atoms. The van der Waals surface area contributed by atoms with E-state index in [-0.39, 0.29) is 18.5 Å². The predicted molar refractivity (Wildman–Crippen MR) is 114 cm³/mol. The normalized spacial score (nSPS) is 11.4. The summed E-state index contributed by atoms with van der Waals surface area (Å²) in [4.78, 5) is 12.6. The number of hydrogen-bond acceptors (Lipinski definition) is 10. The van der Waals surface area contributed by atoms with E-state index in [1.165, 1.54) is 0 Å². The van der Waals surface area contributed by atoms with Gasteiger partial charge in [-0.05, 0) is 40.5 Å². The van der Waals surface area contributed by atoms with Crippen LogP contribution in [0.1, 0.15) is 53.4 Å². The highest BCUT2D eigenvalue weighted by Gasteiger charge is 2.09. The van der Waals surface area contributed by atoms with E-state index in [0.29, 0.717) is 51.4 Å². The number of aromatic nitrogens is 3. The second-order valence-corrected chi connectivity index (χ2v) is 6.16. The average molecular weight is 415 g/mol. The smallest absolute Gasteiger partial charge is 0.229 e. The minimum Gasteiger partial charge on any atom is -0.368 e. The number of hydrogen-bond donors (Lipinski definition) is 3. The second kappa shape index (κ2) is 16.1. The predicted octanol–water partition coefficient (Wildman–Crippen LogP) is 2.64. The van der Waals surface area contributed by atoms with Gasteiger partial charge in [-0.1, -0.05) is 0 Å². The summed E-state index contributed by atoms with van der Waals surface area (Å²) in [6, 6.07) is 0. The maximum atomic E-state index is 5.80. The molecule has 0 spiro atoms. The fourth-order valence-electron chi connectivity index (χ4n) is 2.66. The molecule has 10 heteroatoms. The molecule has 10 nitrogen and oxygen atoms in total. The lowest BCUT2D eigenvalue weighted by Gasteiger charge is -2.17. The molecule has 1 aromatic heterocycles. The van der Waals surface area contributed by atoms with Gasteiger partial charge in [-0.2, -0.15) is 15.0 Å².